The lowest BCUT2D eigenvalue weighted by Gasteiger charge is -2.20. The highest BCUT2D eigenvalue weighted by molar-refractivity contribution is 6.37. The van der Waals surface area contributed by atoms with Crippen molar-refractivity contribution in [3.63, 3.8) is 0 Å². The normalized spacial score (nSPS) is 14.5. The fraction of sp³-hybridized carbons (Fsp3) is 0.438. The summed E-state index contributed by atoms with van der Waals surface area (Å²) in [5, 5.41) is 0.952. The summed E-state index contributed by atoms with van der Waals surface area (Å²) in [4.78, 5) is 27.0. The highest BCUT2D eigenvalue weighted by Crippen LogP contribution is 2.28. The predicted octanol–water partition coefficient (Wildman–Crippen LogP) is 4.84. The van der Waals surface area contributed by atoms with Crippen molar-refractivity contribution in [3.8, 4) is 0 Å². The largest absolute Gasteiger partial charge is 0.394 e. The van der Waals surface area contributed by atoms with Crippen molar-refractivity contribution in [1.82, 2.24) is 19.9 Å². The van der Waals surface area contributed by atoms with Crippen LogP contribution in [0, 0.1) is 5.92 Å². The number of ketones is 1. The molecule has 26 heavy (non-hydrogen) atoms. The van der Waals surface area contributed by atoms with E-state index in [2.05, 4.69) is 19.9 Å². The van der Waals surface area contributed by atoms with E-state index in [1.807, 2.05) is 0 Å². The van der Waals surface area contributed by atoms with Gasteiger partial charge in [-0.2, -0.15) is 0 Å². The summed E-state index contributed by atoms with van der Waals surface area (Å²) in [5.74, 6) is 0.374. The maximum atomic E-state index is 12.1. The SMILES string of the molecule is Nc1c(Cl)ncnc1Cl.O=C(Cc1c(Cl)ncnc1Cl)C1CCCCC1. The molecule has 2 aromatic heterocycles. The summed E-state index contributed by atoms with van der Waals surface area (Å²) < 4.78 is 0. The molecule has 6 nitrogen and oxygen atoms in total. The fourth-order valence-corrected chi connectivity index (χ4v) is 3.38. The molecule has 2 N–H and O–H groups in total. The Kier molecular flexibility index (Phi) is 8.28. The Morgan fingerprint density at radius 3 is 1.81 bits per heavy atom. The number of rotatable bonds is 3. The molecule has 0 saturated heterocycles. The molecule has 3 rings (SSSR count). The minimum Gasteiger partial charge on any atom is -0.394 e. The highest BCUT2D eigenvalue weighted by Gasteiger charge is 2.23. The summed E-state index contributed by atoms with van der Waals surface area (Å²) >= 11 is 22.8. The third kappa shape index (κ3) is 5.91. The van der Waals surface area contributed by atoms with Crippen molar-refractivity contribution >= 4 is 57.9 Å². The topological polar surface area (TPSA) is 94.7 Å². The first kappa shape index (κ1) is 21.1. The quantitative estimate of drug-likeness (QED) is 0.691. The van der Waals surface area contributed by atoms with Crippen LogP contribution in [0.1, 0.15) is 37.7 Å². The van der Waals surface area contributed by atoms with E-state index in [0.717, 1.165) is 25.7 Å². The first-order valence-electron chi connectivity index (χ1n) is 7.99. The van der Waals surface area contributed by atoms with E-state index in [-0.39, 0.29) is 44.4 Å². The smallest absolute Gasteiger partial charge is 0.156 e. The van der Waals surface area contributed by atoms with Gasteiger partial charge in [0.05, 0.1) is 0 Å². The number of nitrogen functional groups attached to an aromatic ring is 1. The minimum absolute atomic E-state index is 0.163. The third-order valence-electron chi connectivity index (χ3n) is 4.04. The number of nitrogens with two attached hydrogens (primary N) is 1. The predicted molar refractivity (Wildman–Crippen MR) is 104 cm³/mol. The molecule has 10 heteroatoms. The molecule has 0 radical (unpaired) electrons. The average Bonchev–Trinajstić information content (AvgIpc) is 2.64. The molecule has 1 fully saturated rings. The monoisotopic (exact) mass is 435 g/mol. The van der Waals surface area contributed by atoms with Crippen molar-refractivity contribution in [2.45, 2.75) is 38.5 Å². The number of carbonyl (C=O) groups excluding carboxylic acids is 1. The van der Waals surface area contributed by atoms with Gasteiger partial charge in [0.1, 0.15) is 34.4 Å². The average molecular weight is 437 g/mol. The number of nitrogens with zero attached hydrogens (tertiary/aromatic N) is 4. The molecule has 0 atom stereocenters. The molecule has 0 aromatic carbocycles. The molecular weight excluding hydrogens is 420 g/mol. The van der Waals surface area contributed by atoms with Gasteiger partial charge in [-0.3, -0.25) is 4.79 Å². The number of hydrogen-bond donors (Lipinski definition) is 1. The molecule has 1 aliphatic carbocycles. The third-order valence-corrected chi connectivity index (χ3v) is 5.29. The minimum atomic E-state index is 0.163. The van der Waals surface area contributed by atoms with Crippen LogP contribution in [-0.2, 0) is 11.2 Å². The zero-order valence-corrected chi connectivity index (χ0v) is 16.8. The number of Topliss-reactive ketones (excluding diaryl/α,β-unsaturated/α-hetero) is 1. The molecule has 1 saturated carbocycles. The van der Waals surface area contributed by atoms with Crippen LogP contribution in [0.15, 0.2) is 12.7 Å². The zero-order chi connectivity index (χ0) is 19.1. The Morgan fingerprint density at radius 2 is 1.35 bits per heavy atom. The summed E-state index contributed by atoms with van der Waals surface area (Å²) in [6.07, 6.45) is 8.30. The van der Waals surface area contributed by atoms with Crippen molar-refractivity contribution in [2.24, 2.45) is 5.92 Å². The van der Waals surface area contributed by atoms with Gasteiger partial charge in [-0.1, -0.05) is 65.7 Å². The Bertz CT molecular complexity index is 728. The highest BCUT2D eigenvalue weighted by atomic mass is 35.5. The van der Waals surface area contributed by atoms with Crippen molar-refractivity contribution < 1.29 is 4.79 Å². The zero-order valence-electron chi connectivity index (χ0n) is 13.8. The van der Waals surface area contributed by atoms with Crippen LogP contribution in [0.25, 0.3) is 0 Å². The maximum Gasteiger partial charge on any atom is 0.156 e. The number of carbonyl (C=O) groups is 1. The lowest BCUT2D eigenvalue weighted by atomic mass is 9.84. The van der Waals surface area contributed by atoms with E-state index in [1.54, 1.807) is 0 Å². The van der Waals surface area contributed by atoms with Crippen molar-refractivity contribution in [2.75, 3.05) is 5.73 Å². The van der Waals surface area contributed by atoms with E-state index in [9.17, 15) is 4.79 Å². The van der Waals surface area contributed by atoms with E-state index < -0.39 is 0 Å². The van der Waals surface area contributed by atoms with Crippen molar-refractivity contribution in [3.05, 3.63) is 38.8 Å². The van der Waals surface area contributed by atoms with Gasteiger partial charge < -0.3 is 5.73 Å². The van der Waals surface area contributed by atoms with E-state index >= 15 is 0 Å². The molecule has 140 valence electrons. The van der Waals surface area contributed by atoms with E-state index in [4.69, 9.17) is 52.1 Å². The number of anilines is 1. The molecule has 0 spiro atoms. The van der Waals surface area contributed by atoms with Gasteiger partial charge in [-0.25, -0.2) is 19.9 Å². The van der Waals surface area contributed by atoms with Crippen molar-refractivity contribution in [1.29, 1.82) is 0 Å². The first-order valence-corrected chi connectivity index (χ1v) is 9.50. The Balaban J connectivity index is 0.000000228. The van der Waals surface area contributed by atoms with Crippen LogP contribution in [-0.4, -0.2) is 25.7 Å². The van der Waals surface area contributed by atoms with E-state index in [0.29, 0.717) is 5.56 Å². The lowest BCUT2D eigenvalue weighted by Crippen LogP contribution is -2.20. The Morgan fingerprint density at radius 1 is 0.885 bits per heavy atom. The van der Waals surface area contributed by atoms with Crippen LogP contribution in [0.3, 0.4) is 0 Å². The summed E-state index contributed by atoms with van der Waals surface area (Å²) in [5.41, 5.74) is 6.08. The van der Waals surface area contributed by atoms with Gasteiger partial charge in [0.2, 0.25) is 0 Å². The molecule has 0 aliphatic heterocycles. The Labute approximate surface area is 171 Å². The van der Waals surface area contributed by atoms with Crippen LogP contribution >= 0.6 is 46.4 Å². The molecule has 2 heterocycles. The molecule has 2 aromatic rings. The van der Waals surface area contributed by atoms with Crippen LogP contribution in [0.2, 0.25) is 20.6 Å². The summed E-state index contributed by atoms with van der Waals surface area (Å²) in [6.45, 7) is 0. The standard InChI is InChI=1S/C12H14Cl2N2O.C4H3Cl2N3/c13-11-9(12(14)16-7-15-11)6-10(17)8-4-2-1-3-5-8;5-3-2(7)4(6)9-1-8-3/h7-8H,1-6H2;1H,7H2. The lowest BCUT2D eigenvalue weighted by molar-refractivity contribution is -0.123. The second-order valence-electron chi connectivity index (χ2n) is 5.78. The molecular formula is C16H17Cl4N5O. The van der Waals surface area contributed by atoms with Crippen LogP contribution in [0.5, 0.6) is 0 Å². The van der Waals surface area contributed by atoms with Gasteiger partial charge in [-0.15, -0.1) is 0 Å². The molecule has 0 amide bonds. The maximum absolute atomic E-state index is 12.1. The number of halogens is 4. The van der Waals surface area contributed by atoms with Gasteiger partial charge >= 0.3 is 0 Å². The number of aromatic nitrogens is 4. The fourth-order valence-electron chi connectivity index (χ4n) is 2.61. The van der Waals surface area contributed by atoms with Crippen LogP contribution in [0.4, 0.5) is 5.69 Å². The van der Waals surface area contributed by atoms with E-state index in [1.165, 1.54) is 19.1 Å². The van der Waals surface area contributed by atoms with Gasteiger partial charge in [0.15, 0.2) is 10.3 Å². The second kappa shape index (κ2) is 10.2. The summed E-state index contributed by atoms with van der Waals surface area (Å²) in [6, 6.07) is 0. The molecule has 0 bridgehead atoms. The molecule has 1 aliphatic rings. The van der Waals surface area contributed by atoms with Gasteiger partial charge in [0, 0.05) is 17.9 Å². The second-order valence-corrected chi connectivity index (χ2v) is 7.21. The van der Waals surface area contributed by atoms with Gasteiger partial charge in [0.25, 0.3) is 0 Å². The molecule has 0 unspecified atom stereocenters. The van der Waals surface area contributed by atoms with Crippen LogP contribution < -0.4 is 5.73 Å². The first-order chi connectivity index (χ1) is 12.4. The number of hydrogen-bond acceptors (Lipinski definition) is 6. The summed E-state index contributed by atoms with van der Waals surface area (Å²) in [7, 11) is 0. The Hall–Kier alpha value is -1.21. The van der Waals surface area contributed by atoms with Gasteiger partial charge in [-0.05, 0) is 12.8 Å².